The molecule has 148 valence electrons. The summed E-state index contributed by atoms with van der Waals surface area (Å²) >= 11 is 0. The van der Waals surface area contributed by atoms with Crippen molar-refractivity contribution in [3.8, 4) is 11.4 Å². The smallest absolute Gasteiger partial charge is 0.379 e. The molecule has 4 nitrogen and oxygen atoms in total. The number of aryl methyl sites for hydroxylation is 1. The molecule has 0 unspecified atom stereocenters. The lowest BCUT2D eigenvalue weighted by Gasteiger charge is -2.26. The maximum absolute atomic E-state index is 13.1. The molecular formula is C21H22F3N3O. The van der Waals surface area contributed by atoms with E-state index in [1.165, 1.54) is 6.07 Å². The fourth-order valence-corrected chi connectivity index (χ4v) is 3.62. The number of aromatic nitrogens is 2. The Bertz CT molecular complexity index is 931. The zero-order valence-electron chi connectivity index (χ0n) is 15.5. The highest BCUT2D eigenvalue weighted by atomic mass is 19.4. The van der Waals surface area contributed by atoms with E-state index in [-0.39, 0.29) is 0 Å². The minimum atomic E-state index is -4.37. The summed E-state index contributed by atoms with van der Waals surface area (Å²) in [5.41, 5.74) is 1.34. The number of benzene rings is 2. The first-order chi connectivity index (χ1) is 13.5. The molecular weight excluding hydrogens is 367 g/mol. The van der Waals surface area contributed by atoms with E-state index in [1.807, 2.05) is 34.9 Å². The van der Waals surface area contributed by atoms with Gasteiger partial charge < -0.3 is 9.30 Å². The number of ether oxygens (including phenoxy) is 1. The van der Waals surface area contributed by atoms with Crippen molar-refractivity contribution >= 4 is 11.0 Å². The first-order valence-corrected chi connectivity index (χ1v) is 9.45. The van der Waals surface area contributed by atoms with Crippen LogP contribution in [0.2, 0.25) is 0 Å². The zero-order chi connectivity index (χ0) is 19.6. The van der Waals surface area contributed by atoms with Crippen LogP contribution in [0.4, 0.5) is 13.2 Å². The van der Waals surface area contributed by atoms with Crippen LogP contribution in [0.3, 0.4) is 0 Å². The summed E-state index contributed by atoms with van der Waals surface area (Å²) < 4.78 is 46.7. The molecule has 0 bridgehead atoms. The molecule has 2 aromatic carbocycles. The lowest BCUT2D eigenvalue weighted by molar-refractivity contribution is -0.137. The van der Waals surface area contributed by atoms with Gasteiger partial charge in [-0.25, -0.2) is 4.98 Å². The van der Waals surface area contributed by atoms with Crippen molar-refractivity contribution in [1.82, 2.24) is 14.5 Å². The molecule has 0 atom stereocenters. The van der Waals surface area contributed by atoms with Crippen LogP contribution in [-0.4, -0.2) is 47.3 Å². The summed E-state index contributed by atoms with van der Waals surface area (Å²) in [7, 11) is 0. The highest BCUT2D eigenvalue weighted by Crippen LogP contribution is 2.33. The molecule has 0 aliphatic carbocycles. The monoisotopic (exact) mass is 389 g/mol. The number of halogens is 3. The third-order valence-corrected chi connectivity index (χ3v) is 5.07. The number of alkyl halides is 3. The van der Waals surface area contributed by atoms with Crippen LogP contribution in [-0.2, 0) is 17.5 Å². The fourth-order valence-electron chi connectivity index (χ4n) is 3.62. The molecule has 28 heavy (non-hydrogen) atoms. The van der Waals surface area contributed by atoms with Crippen LogP contribution < -0.4 is 0 Å². The van der Waals surface area contributed by atoms with Crippen molar-refractivity contribution in [2.45, 2.75) is 19.1 Å². The third-order valence-electron chi connectivity index (χ3n) is 5.07. The minimum absolute atomic E-state index is 0.375. The third kappa shape index (κ3) is 4.05. The van der Waals surface area contributed by atoms with Gasteiger partial charge in [0.2, 0.25) is 0 Å². The van der Waals surface area contributed by atoms with Crippen molar-refractivity contribution in [3.05, 3.63) is 54.1 Å². The molecule has 2 heterocycles. The standard InChI is InChI=1S/C21H22F3N3O/c22-21(23,24)17-7-8-19-18(15-17)25-20(16-5-2-1-3-6-16)27(19)10-4-9-26-11-13-28-14-12-26/h1-3,5-8,15H,4,9-14H2. The van der Waals surface area contributed by atoms with Crippen molar-refractivity contribution in [2.75, 3.05) is 32.8 Å². The Hall–Kier alpha value is -2.38. The Morgan fingerprint density at radius 2 is 1.71 bits per heavy atom. The molecule has 1 fully saturated rings. The van der Waals surface area contributed by atoms with Gasteiger partial charge in [-0.2, -0.15) is 13.2 Å². The van der Waals surface area contributed by atoms with Gasteiger partial charge >= 0.3 is 6.18 Å². The van der Waals surface area contributed by atoms with Crippen molar-refractivity contribution < 1.29 is 17.9 Å². The summed E-state index contributed by atoms with van der Waals surface area (Å²) in [5, 5.41) is 0. The Kier molecular flexibility index (Phi) is 5.37. The molecule has 1 aromatic heterocycles. The second-order valence-corrected chi connectivity index (χ2v) is 6.96. The first kappa shape index (κ1) is 19.0. The van der Waals surface area contributed by atoms with Crippen LogP contribution in [0, 0.1) is 0 Å². The van der Waals surface area contributed by atoms with E-state index in [0.29, 0.717) is 17.9 Å². The number of rotatable bonds is 5. The fraction of sp³-hybridized carbons (Fsp3) is 0.381. The van der Waals surface area contributed by atoms with Gasteiger partial charge in [-0.15, -0.1) is 0 Å². The largest absolute Gasteiger partial charge is 0.416 e. The average Bonchev–Trinajstić information content (AvgIpc) is 3.07. The number of nitrogens with zero attached hydrogens (tertiary/aromatic N) is 3. The van der Waals surface area contributed by atoms with Gasteiger partial charge in [-0.05, 0) is 24.6 Å². The van der Waals surface area contributed by atoms with Gasteiger partial charge in [-0.3, -0.25) is 4.90 Å². The van der Waals surface area contributed by atoms with Crippen molar-refractivity contribution in [3.63, 3.8) is 0 Å². The van der Waals surface area contributed by atoms with E-state index in [1.54, 1.807) is 0 Å². The number of imidazole rings is 1. The lowest BCUT2D eigenvalue weighted by atomic mass is 10.2. The second kappa shape index (κ2) is 7.93. The summed E-state index contributed by atoms with van der Waals surface area (Å²) in [6.45, 7) is 4.98. The predicted octanol–water partition coefficient (Wildman–Crippen LogP) is 4.44. The highest BCUT2D eigenvalue weighted by Gasteiger charge is 2.31. The van der Waals surface area contributed by atoms with E-state index in [0.717, 1.165) is 62.5 Å². The number of hydrogen-bond donors (Lipinski definition) is 0. The molecule has 3 aromatic rings. The molecule has 0 spiro atoms. The zero-order valence-corrected chi connectivity index (χ0v) is 15.5. The van der Waals surface area contributed by atoms with E-state index in [4.69, 9.17) is 4.74 Å². The van der Waals surface area contributed by atoms with Gasteiger partial charge in [0, 0.05) is 31.7 Å². The molecule has 0 N–H and O–H groups in total. The molecule has 0 radical (unpaired) electrons. The van der Waals surface area contributed by atoms with E-state index < -0.39 is 11.7 Å². The summed E-state index contributed by atoms with van der Waals surface area (Å²) in [5.74, 6) is 0.705. The molecule has 7 heteroatoms. The van der Waals surface area contributed by atoms with Crippen LogP contribution in [0.25, 0.3) is 22.4 Å². The average molecular weight is 389 g/mol. The van der Waals surface area contributed by atoms with E-state index in [9.17, 15) is 13.2 Å². The maximum Gasteiger partial charge on any atom is 0.416 e. The van der Waals surface area contributed by atoms with Gasteiger partial charge in [0.15, 0.2) is 0 Å². The quantitative estimate of drug-likeness (QED) is 0.646. The van der Waals surface area contributed by atoms with Crippen molar-refractivity contribution in [1.29, 1.82) is 0 Å². The topological polar surface area (TPSA) is 30.3 Å². The van der Waals surface area contributed by atoms with Gasteiger partial charge in [0.05, 0.1) is 29.8 Å². The number of fused-ring (bicyclic) bond motifs is 1. The Labute approximate surface area is 161 Å². The highest BCUT2D eigenvalue weighted by molar-refractivity contribution is 5.81. The van der Waals surface area contributed by atoms with E-state index in [2.05, 4.69) is 9.88 Å². The first-order valence-electron chi connectivity index (χ1n) is 9.45. The van der Waals surface area contributed by atoms with Crippen LogP contribution >= 0.6 is 0 Å². The van der Waals surface area contributed by atoms with Crippen LogP contribution in [0.15, 0.2) is 48.5 Å². The molecule has 1 aliphatic heterocycles. The normalized spacial score (nSPS) is 16.0. The van der Waals surface area contributed by atoms with Gasteiger partial charge in [0.25, 0.3) is 0 Å². The Balaban J connectivity index is 1.65. The molecule has 1 saturated heterocycles. The number of hydrogen-bond acceptors (Lipinski definition) is 3. The van der Waals surface area contributed by atoms with Crippen LogP contribution in [0.5, 0.6) is 0 Å². The van der Waals surface area contributed by atoms with Gasteiger partial charge in [0.1, 0.15) is 5.82 Å². The summed E-state index contributed by atoms with van der Waals surface area (Å²) in [6, 6.07) is 13.4. The number of morpholine rings is 1. The molecule has 4 rings (SSSR count). The van der Waals surface area contributed by atoms with Crippen LogP contribution in [0.1, 0.15) is 12.0 Å². The van der Waals surface area contributed by atoms with E-state index >= 15 is 0 Å². The summed E-state index contributed by atoms with van der Waals surface area (Å²) in [6.07, 6.45) is -3.48. The molecule has 0 saturated carbocycles. The Morgan fingerprint density at radius 3 is 2.43 bits per heavy atom. The SMILES string of the molecule is FC(F)(F)c1ccc2c(c1)nc(-c1ccccc1)n2CCCN1CCOCC1. The summed E-state index contributed by atoms with van der Waals surface area (Å²) in [4.78, 5) is 6.91. The lowest BCUT2D eigenvalue weighted by Crippen LogP contribution is -2.37. The molecule has 1 aliphatic rings. The minimum Gasteiger partial charge on any atom is -0.379 e. The Morgan fingerprint density at radius 1 is 0.964 bits per heavy atom. The predicted molar refractivity (Wildman–Crippen MR) is 102 cm³/mol. The van der Waals surface area contributed by atoms with Gasteiger partial charge in [-0.1, -0.05) is 30.3 Å². The van der Waals surface area contributed by atoms with Crippen molar-refractivity contribution in [2.24, 2.45) is 0 Å². The second-order valence-electron chi connectivity index (χ2n) is 6.96. The molecule has 0 amide bonds. The maximum atomic E-state index is 13.1.